The lowest BCUT2D eigenvalue weighted by Gasteiger charge is -2.16. The Morgan fingerprint density at radius 3 is 2.55 bits per heavy atom. The molecule has 1 aliphatic heterocycles. The minimum absolute atomic E-state index is 0.148. The molecule has 8 heteroatoms. The summed E-state index contributed by atoms with van der Waals surface area (Å²) in [6.07, 6.45) is 2.18. The number of benzene rings is 2. The highest BCUT2D eigenvalue weighted by molar-refractivity contribution is 8.00. The molecule has 170 valence electrons. The summed E-state index contributed by atoms with van der Waals surface area (Å²) in [5.41, 5.74) is 1.23. The van der Waals surface area contributed by atoms with Gasteiger partial charge in [0, 0.05) is 17.0 Å². The van der Waals surface area contributed by atoms with Crippen molar-refractivity contribution in [3.05, 3.63) is 70.9 Å². The predicted octanol–water partition coefficient (Wildman–Crippen LogP) is 5.60. The van der Waals surface area contributed by atoms with Crippen molar-refractivity contribution in [2.24, 2.45) is 0 Å². The zero-order chi connectivity index (χ0) is 23.2. The Balaban J connectivity index is 1.36. The summed E-state index contributed by atoms with van der Waals surface area (Å²) in [4.78, 5) is 40.5. The van der Waals surface area contributed by atoms with Crippen molar-refractivity contribution in [2.75, 3.05) is 16.8 Å². The second-order valence-corrected chi connectivity index (χ2v) is 9.75. The van der Waals surface area contributed by atoms with Crippen molar-refractivity contribution in [1.29, 1.82) is 0 Å². The molecule has 0 bridgehead atoms. The number of thiophene rings is 1. The van der Waals surface area contributed by atoms with Crippen LogP contribution in [0.4, 0.5) is 11.4 Å². The molecule has 0 radical (unpaired) electrons. The Labute approximate surface area is 200 Å². The van der Waals surface area contributed by atoms with E-state index in [1.807, 2.05) is 23.6 Å². The fraction of sp³-hybridized carbons (Fsp3) is 0.240. The van der Waals surface area contributed by atoms with E-state index in [-0.39, 0.29) is 24.1 Å². The van der Waals surface area contributed by atoms with E-state index < -0.39 is 5.25 Å². The third-order valence-electron chi connectivity index (χ3n) is 5.10. The number of anilines is 2. The fourth-order valence-corrected chi connectivity index (χ4v) is 5.05. The van der Waals surface area contributed by atoms with Crippen LogP contribution in [0.5, 0.6) is 5.75 Å². The van der Waals surface area contributed by atoms with Crippen LogP contribution < -0.4 is 15.0 Å². The van der Waals surface area contributed by atoms with Crippen LogP contribution in [0.2, 0.25) is 0 Å². The molecule has 1 fully saturated rings. The quantitative estimate of drug-likeness (QED) is 0.319. The minimum Gasteiger partial charge on any atom is -0.494 e. The first kappa shape index (κ1) is 23.1. The zero-order valence-electron chi connectivity index (χ0n) is 18.2. The monoisotopic (exact) mass is 480 g/mol. The molecule has 1 unspecified atom stereocenters. The normalized spacial score (nSPS) is 15.7. The number of imide groups is 1. The summed E-state index contributed by atoms with van der Waals surface area (Å²) < 4.78 is 5.65. The first-order valence-corrected chi connectivity index (χ1v) is 12.5. The summed E-state index contributed by atoms with van der Waals surface area (Å²) >= 11 is 2.74. The van der Waals surface area contributed by atoms with Crippen molar-refractivity contribution < 1.29 is 19.1 Å². The number of thioether (sulfide) groups is 1. The van der Waals surface area contributed by atoms with Crippen molar-refractivity contribution in [3.8, 4) is 5.75 Å². The maximum absolute atomic E-state index is 13.0. The Kier molecular flexibility index (Phi) is 7.47. The number of carbonyl (C=O) groups excluding carboxylic acids is 3. The molecule has 2 heterocycles. The number of nitrogens with zero attached hydrogens (tertiary/aromatic N) is 1. The van der Waals surface area contributed by atoms with Crippen LogP contribution in [-0.4, -0.2) is 29.6 Å². The highest BCUT2D eigenvalue weighted by atomic mass is 32.2. The number of ether oxygens (including phenoxy) is 1. The van der Waals surface area contributed by atoms with Gasteiger partial charge in [0.15, 0.2) is 0 Å². The molecule has 3 aromatic rings. The van der Waals surface area contributed by atoms with Gasteiger partial charge in [0.05, 0.1) is 22.4 Å². The molecular weight excluding hydrogens is 456 g/mol. The van der Waals surface area contributed by atoms with Gasteiger partial charge in [0.2, 0.25) is 11.8 Å². The van der Waals surface area contributed by atoms with Crippen LogP contribution in [0.25, 0.3) is 0 Å². The van der Waals surface area contributed by atoms with Crippen LogP contribution in [-0.2, 0) is 9.59 Å². The standard InChI is InChI=1S/C25H24N2O4S2/c1-2-3-14-31-19-10-8-18(9-11-19)27-23(28)16-22(25(27)30)33-20-12-6-17(7-13-20)26-24(29)21-5-4-15-32-21/h4-13,15,22H,2-3,14,16H2,1H3,(H,26,29). The summed E-state index contributed by atoms with van der Waals surface area (Å²) in [5.74, 6) is 0.139. The smallest absolute Gasteiger partial charge is 0.265 e. The number of hydrogen-bond donors (Lipinski definition) is 1. The van der Waals surface area contributed by atoms with Crippen LogP contribution in [0, 0.1) is 0 Å². The molecule has 1 aromatic heterocycles. The van der Waals surface area contributed by atoms with Gasteiger partial charge in [-0.3, -0.25) is 14.4 Å². The Hall–Kier alpha value is -3.10. The van der Waals surface area contributed by atoms with E-state index in [4.69, 9.17) is 4.74 Å². The molecule has 0 saturated carbocycles. The number of hydrogen-bond acceptors (Lipinski definition) is 6. The molecule has 1 aliphatic rings. The van der Waals surface area contributed by atoms with Gasteiger partial charge in [0.25, 0.3) is 5.91 Å². The van der Waals surface area contributed by atoms with E-state index in [9.17, 15) is 14.4 Å². The van der Waals surface area contributed by atoms with Crippen LogP contribution in [0.1, 0.15) is 35.9 Å². The van der Waals surface area contributed by atoms with E-state index >= 15 is 0 Å². The van der Waals surface area contributed by atoms with Gasteiger partial charge < -0.3 is 10.1 Å². The molecule has 6 nitrogen and oxygen atoms in total. The lowest BCUT2D eigenvalue weighted by molar-refractivity contribution is -0.121. The third-order valence-corrected chi connectivity index (χ3v) is 7.17. The lowest BCUT2D eigenvalue weighted by atomic mass is 10.2. The van der Waals surface area contributed by atoms with E-state index in [0.29, 0.717) is 22.9 Å². The van der Waals surface area contributed by atoms with E-state index in [1.54, 1.807) is 42.5 Å². The molecule has 2 aromatic carbocycles. The van der Waals surface area contributed by atoms with Gasteiger partial charge in [0.1, 0.15) is 5.75 Å². The molecule has 0 spiro atoms. The third kappa shape index (κ3) is 5.64. The highest BCUT2D eigenvalue weighted by Crippen LogP contribution is 2.35. The van der Waals surface area contributed by atoms with E-state index in [1.165, 1.54) is 28.0 Å². The largest absolute Gasteiger partial charge is 0.494 e. The first-order valence-electron chi connectivity index (χ1n) is 10.8. The number of carbonyl (C=O) groups is 3. The number of unbranched alkanes of at least 4 members (excludes halogenated alkanes) is 1. The summed E-state index contributed by atoms with van der Waals surface area (Å²) in [7, 11) is 0. The van der Waals surface area contributed by atoms with Gasteiger partial charge >= 0.3 is 0 Å². The molecule has 33 heavy (non-hydrogen) atoms. The number of amides is 3. The summed E-state index contributed by atoms with van der Waals surface area (Å²) in [6.45, 7) is 2.75. The first-order chi connectivity index (χ1) is 16.0. The molecular formula is C25H24N2O4S2. The maximum atomic E-state index is 13.0. The van der Waals surface area contributed by atoms with Gasteiger partial charge in [-0.05, 0) is 66.4 Å². The van der Waals surface area contributed by atoms with E-state index in [0.717, 1.165) is 23.5 Å². The average Bonchev–Trinajstić information content (AvgIpc) is 3.45. The second-order valence-electron chi connectivity index (χ2n) is 7.53. The Morgan fingerprint density at radius 2 is 1.88 bits per heavy atom. The molecule has 0 aliphatic carbocycles. The number of nitrogens with one attached hydrogen (secondary N) is 1. The maximum Gasteiger partial charge on any atom is 0.265 e. The van der Waals surface area contributed by atoms with Gasteiger partial charge in [-0.15, -0.1) is 23.1 Å². The molecule has 1 N–H and O–H groups in total. The van der Waals surface area contributed by atoms with Crippen LogP contribution in [0.3, 0.4) is 0 Å². The minimum atomic E-state index is -0.482. The average molecular weight is 481 g/mol. The molecule has 1 atom stereocenters. The zero-order valence-corrected chi connectivity index (χ0v) is 19.8. The Morgan fingerprint density at radius 1 is 1.12 bits per heavy atom. The van der Waals surface area contributed by atoms with Crippen LogP contribution >= 0.6 is 23.1 Å². The second kappa shape index (κ2) is 10.7. The lowest BCUT2D eigenvalue weighted by Crippen LogP contribution is -2.31. The van der Waals surface area contributed by atoms with E-state index in [2.05, 4.69) is 12.2 Å². The summed E-state index contributed by atoms with van der Waals surface area (Å²) in [6, 6.07) is 17.9. The van der Waals surface area contributed by atoms with Crippen molar-refractivity contribution >= 4 is 52.2 Å². The summed E-state index contributed by atoms with van der Waals surface area (Å²) in [5, 5.41) is 4.23. The topological polar surface area (TPSA) is 75.7 Å². The molecule has 1 saturated heterocycles. The SMILES string of the molecule is CCCCOc1ccc(N2C(=O)CC(Sc3ccc(NC(=O)c4cccs4)cc3)C2=O)cc1. The van der Waals surface area contributed by atoms with Gasteiger partial charge in [-0.1, -0.05) is 19.4 Å². The number of rotatable bonds is 9. The Bertz CT molecular complexity index is 1110. The van der Waals surface area contributed by atoms with Crippen molar-refractivity contribution in [3.63, 3.8) is 0 Å². The molecule has 4 rings (SSSR count). The predicted molar refractivity (Wildman–Crippen MR) is 132 cm³/mol. The van der Waals surface area contributed by atoms with Crippen molar-refractivity contribution in [2.45, 2.75) is 36.3 Å². The highest BCUT2D eigenvalue weighted by Gasteiger charge is 2.40. The fourth-order valence-electron chi connectivity index (χ4n) is 3.37. The molecule has 3 amide bonds. The van der Waals surface area contributed by atoms with Crippen LogP contribution in [0.15, 0.2) is 70.9 Å². The van der Waals surface area contributed by atoms with Crippen molar-refractivity contribution in [1.82, 2.24) is 0 Å². The van der Waals surface area contributed by atoms with Gasteiger partial charge in [-0.2, -0.15) is 0 Å². The van der Waals surface area contributed by atoms with Gasteiger partial charge in [-0.25, -0.2) is 4.90 Å².